The van der Waals surface area contributed by atoms with Crippen molar-refractivity contribution in [3.63, 3.8) is 0 Å². The Morgan fingerprint density at radius 1 is 1.04 bits per heavy atom. The molecule has 1 aromatic heterocycles. The Balaban J connectivity index is 1.33. The van der Waals surface area contributed by atoms with E-state index in [-0.39, 0.29) is 0 Å². The molecule has 1 aliphatic heterocycles. The maximum atomic E-state index is 5.40. The minimum atomic E-state index is 0.515. The Morgan fingerprint density at radius 2 is 1.80 bits per heavy atom. The number of nitrogens with zero attached hydrogens (tertiary/aromatic N) is 3. The number of hydrogen-bond acceptors (Lipinski definition) is 5. The van der Waals surface area contributed by atoms with Crippen molar-refractivity contribution < 1.29 is 9.47 Å². The molecule has 0 amide bonds. The van der Waals surface area contributed by atoms with Gasteiger partial charge in [-0.05, 0) is 56.5 Å². The van der Waals surface area contributed by atoms with E-state index in [1.165, 1.54) is 18.4 Å². The molecule has 134 valence electrons. The minimum absolute atomic E-state index is 0.515. The van der Waals surface area contributed by atoms with E-state index in [9.17, 15) is 0 Å². The second-order valence-corrected chi connectivity index (χ2v) is 7.09. The number of aromatic amines is 1. The number of rotatable bonds is 6. The summed E-state index contributed by atoms with van der Waals surface area (Å²) in [5, 5.41) is 7.58. The van der Waals surface area contributed by atoms with Crippen LogP contribution >= 0.6 is 0 Å². The van der Waals surface area contributed by atoms with Gasteiger partial charge in [0.2, 0.25) is 0 Å². The molecule has 6 heteroatoms. The van der Waals surface area contributed by atoms with Gasteiger partial charge < -0.3 is 9.47 Å². The third kappa shape index (κ3) is 3.63. The summed E-state index contributed by atoms with van der Waals surface area (Å²) >= 11 is 0. The molecule has 2 fully saturated rings. The van der Waals surface area contributed by atoms with Crippen LogP contribution in [0.1, 0.15) is 54.7 Å². The van der Waals surface area contributed by atoms with Crippen LogP contribution in [0.4, 0.5) is 0 Å². The van der Waals surface area contributed by atoms with Crippen LogP contribution in [0.3, 0.4) is 0 Å². The van der Waals surface area contributed by atoms with Crippen LogP contribution in [0.5, 0.6) is 11.5 Å². The number of benzene rings is 1. The van der Waals surface area contributed by atoms with E-state index in [1.807, 2.05) is 6.07 Å². The first-order valence-corrected chi connectivity index (χ1v) is 9.12. The molecule has 1 aliphatic carbocycles. The first-order chi connectivity index (χ1) is 12.3. The Hall–Kier alpha value is -2.08. The largest absolute Gasteiger partial charge is 0.493 e. The SMILES string of the molecule is COc1ccc(CN2CCC(c3nc(C4CC4)n[nH]3)CC2)cc1OC. The van der Waals surface area contributed by atoms with Crippen molar-refractivity contribution in [1.82, 2.24) is 20.1 Å². The Labute approximate surface area is 148 Å². The summed E-state index contributed by atoms with van der Waals surface area (Å²) in [5.74, 6) is 4.83. The van der Waals surface area contributed by atoms with Crippen LogP contribution < -0.4 is 9.47 Å². The molecule has 0 bridgehead atoms. The Bertz CT molecular complexity index is 718. The summed E-state index contributed by atoms with van der Waals surface area (Å²) < 4.78 is 10.7. The molecule has 1 saturated carbocycles. The average Bonchev–Trinajstić information content (AvgIpc) is 3.39. The molecule has 0 unspecified atom stereocenters. The van der Waals surface area contributed by atoms with Gasteiger partial charge in [0.05, 0.1) is 14.2 Å². The van der Waals surface area contributed by atoms with Crippen LogP contribution in [0.15, 0.2) is 18.2 Å². The Kier molecular flexibility index (Phi) is 4.61. The van der Waals surface area contributed by atoms with Crippen LogP contribution in [0.25, 0.3) is 0 Å². The fourth-order valence-electron chi connectivity index (χ4n) is 3.60. The van der Waals surface area contributed by atoms with Gasteiger partial charge in [0.25, 0.3) is 0 Å². The molecule has 6 nitrogen and oxygen atoms in total. The number of methoxy groups -OCH3 is 2. The highest BCUT2D eigenvalue weighted by molar-refractivity contribution is 5.42. The van der Waals surface area contributed by atoms with Crippen molar-refractivity contribution in [2.24, 2.45) is 0 Å². The fourth-order valence-corrected chi connectivity index (χ4v) is 3.60. The molecular weight excluding hydrogens is 316 g/mol. The normalized spacial score (nSPS) is 19.1. The summed E-state index contributed by atoms with van der Waals surface area (Å²) in [6.45, 7) is 3.10. The molecule has 0 atom stereocenters. The van der Waals surface area contributed by atoms with Crippen LogP contribution in [0, 0.1) is 0 Å². The molecule has 25 heavy (non-hydrogen) atoms. The molecule has 4 rings (SSSR count). The van der Waals surface area contributed by atoms with E-state index >= 15 is 0 Å². The number of likely N-dealkylation sites (tertiary alicyclic amines) is 1. The molecule has 1 N–H and O–H groups in total. The van der Waals surface area contributed by atoms with Gasteiger partial charge >= 0.3 is 0 Å². The minimum Gasteiger partial charge on any atom is -0.493 e. The predicted octanol–water partition coefficient (Wildman–Crippen LogP) is 3.08. The van der Waals surface area contributed by atoms with Crippen LogP contribution in [-0.2, 0) is 6.54 Å². The summed E-state index contributed by atoms with van der Waals surface area (Å²) in [7, 11) is 3.35. The summed E-state index contributed by atoms with van der Waals surface area (Å²) in [4.78, 5) is 7.23. The lowest BCUT2D eigenvalue weighted by Crippen LogP contribution is -2.32. The molecule has 2 aromatic rings. The van der Waals surface area contributed by atoms with Gasteiger partial charge in [0.1, 0.15) is 5.82 Å². The number of ether oxygens (including phenoxy) is 2. The highest BCUT2D eigenvalue weighted by Crippen LogP contribution is 2.38. The number of nitrogens with one attached hydrogen (secondary N) is 1. The molecular formula is C19H26N4O2. The maximum absolute atomic E-state index is 5.40. The van der Waals surface area contributed by atoms with E-state index < -0.39 is 0 Å². The lowest BCUT2D eigenvalue weighted by atomic mass is 9.96. The van der Waals surface area contributed by atoms with Crippen molar-refractivity contribution in [2.45, 2.75) is 44.1 Å². The first-order valence-electron chi connectivity index (χ1n) is 9.12. The third-order valence-corrected chi connectivity index (χ3v) is 5.29. The standard InChI is InChI=1S/C19H26N4O2/c1-24-16-6-3-13(11-17(16)25-2)12-23-9-7-15(8-10-23)19-20-18(21-22-19)14-4-5-14/h3,6,11,14-15H,4-5,7-10,12H2,1-2H3,(H,20,21,22). The lowest BCUT2D eigenvalue weighted by Gasteiger charge is -2.31. The number of H-pyrrole nitrogens is 1. The van der Waals surface area contributed by atoms with Crippen LogP contribution in [-0.4, -0.2) is 47.4 Å². The smallest absolute Gasteiger partial charge is 0.161 e. The second-order valence-electron chi connectivity index (χ2n) is 7.09. The van der Waals surface area contributed by atoms with Gasteiger partial charge in [0.15, 0.2) is 17.3 Å². The molecule has 2 heterocycles. The summed E-state index contributed by atoms with van der Waals surface area (Å²) in [6.07, 6.45) is 4.77. The number of hydrogen-bond donors (Lipinski definition) is 1. The summed E-state index contributed by atoms with van der Waals surface area (Å²) in [6, 6.07) is 6.17. The average molecular weight is 342 g/mol. The van der Waals surface area contributed by atoms with Gasteiger partial charge in [-0.15, -0.1) is 0 Å². The second kappa shape index (κ2) is 7.04. The molecule has 0 radical (unpaired) electrons. The monoisotopic (exact) mass is 342 g/mol. The molecule has 2 aliphatic rings. The third-order valence-electron chi connectivity index (χ3n) is 5.29. The van der Waals surface area contributed by atoms with Crippen molar-refractivity contribution in [3.8, 4) is 11.5 Å². The lowest BCUT2D eigenvalue weighted by molar-refractivity contribution is 0.201. The summed E-state index contributed by atoms with van der Waals surface area (Å²) in [5.41, 5.74) is 1.26. The molecule has 0 spiro atoms. The maximum Gasteiger partial charge on any atom is 0.161 e. The van der Waals surface area contributed by atoms with Crippen molar-refractivity contribution in [1.29, 1.82) is 0 Å². The van der Waals surface area contributed by atoms with Gasteiger partial charge in [0, 0.05) is 18.4 Å². The zero-order valence-corrected chi connectivity index (χ0v) is 15.0. The number of aromatic nitrogens is 3. The predicted molar refractivity (Wildman–Crippen MR) is 95.2 cm³/mol. The van der Waals surface area contributed by atoms with Crippen molar-refractivity contribution in [3.05, 3.63) is 35.4 Å². The van der Waals surface area contributed by atoms with Crippen molar-refractivity contribution in [2.75, 3.05) is 27.3 Å². The van der Waals surface area contributed by atoms with Gasteiger partial charge in [-0.2, -0.15) is 5.10 Å². The first kappa shape index (κ1) is 16.4. The zero-order chi connectivity index (χ0) is 17.2. The fraction of sp³-hybridized carbons (Fsp3) is 0.579. The Morgan fingerprint density at radius 3 is 2.48 bits per heavy atom. The van der Waals surface area contributed by atoms with Gasteiger partial charge in [-0.3, -0.25) is 10.00 Å². The zero-order valence-electron chi connectivity index (χ0n) is 15.0. The molecule has 1 aromatic carbocycles. The highest BCUT2D eigenvalue weighted by atomic mass is 16.5. The van der Waals surface area contributed by atoms with E-state index in [1.54, 1.807) is 14.2 Å². The van der Waals surface area contributed by atoms with E-state index in [0.29, 0.717) is 11.8 Å². The van der Waals surface area contributed by atoms with E-state index in [4.69, 9.17) is 14.5 Å². The number of piperidine rings is 1. The van der Waals surface area contributed by atoms with E-state index in [0.717, 1.165) is 55.6 Å². The molecule has 1 saturated heterocycles. The van der Waals surface area contributed by atoms with Gasteiger partial charge in [-0.25, -0.2) is 4.98 Å². The quantitative estimate of drug-likeness (QED) is 0.874. The van der Waals surface area contributed by atoms with Crippen molar-refractivity contribution >= 4 is 0 Å². The topological polar surface area (TPSA) is 63.3 Å². The van der Waals surface area contributed by atoms with Crippen LogP contribution in [0.2, 0.25) is 0 Å². The highest BCUT2D eigenvalue weighted by Gasteiger charge is 2.30. The van der Waals surface area contributed by atoms with Gasteiger partial charge in [-0.1, -0.05) is 6.07 Å². The van der Waals surface area contributed by atoms with E-state index in [2.05, 4.69) is 27.2 Å².